The van der Waals surface area contributed by atoms with Crippen LogP contribution in [0.25, 0.3) is 11.3 Å². The van der Waals surface area contributed by atoms with E-state index in [0.717, 1.165) is 4.68 Å². The molecule has 134 valence electrons. The van der Waals surface area contributed by atoms with Crippen LogP contribution < -0.4 is 4.74 Å². The summed E-state index contributed by atoms with van der Waals surface area (Å²) in [6.45, 7) is 0.221. The molecule has 9 heteroatoms. The summed E-state index contributed by atoms with van der Waals surface area (Å²) >= 11 is 0. The van der Waals surface area contributed by atoms with Crippen LogP contribution in [0.2, 0.25) is 0 Å². The summed E-state index contributed by atoms with van der Waals surface area (Å²) < 4.78 is 32.2. The second-order valence-electron chi connectivity index (χ2n) is 5.33. The van der Waals surface area contributed by atoms with Crippen LogP contribution in [-0.2, 0) is 22.6 Å². The van der Waals surface area contributed by atoms with Crippen LogP contribution in [0.3, 0.4) is 0 Å². The van der Waals surface area contributed by atoms with Crippen LogP contribution in [0.1, 0.15) is 11.3 Å². The summed E-state index contributed by atoms with van der Waals surface area (Å²) in [4.78, 5) is 4.33. The summed E-state index contributed by atoms with van der Waals surface area (Å²) in [6.07, 6.45) is 2.46. The van der Waals surface area contributed by atoms with Gasteiger partial charge in [0, 0.05) is 35.6 Å². The van der Waals surface area contributed by atoms with Crippen molar-refractivity contribution in [1.29, 1.82) is 0 Å². The van der Waals surface area contributed by atoms with Crippen molar-refractivity contribution < 1.29 is 35.7 Å². The Labute approximate surface area is 160 Å². The Morgan fingerprint density at radius 3 is 2.69 bits per heavy atom. The number of pyridine rings is 1. The van der Waals surface area contributed by atoms with E-state index >= 15 is 0 Å². The number of ether oxygens (including phenoxy) is 1. The third-order valence-corrected chi connectivity index (χ3v) is 3.71. The molecular weight excluding hydrogens is 383 g/mol. The Bertz CT molecular complexity index is 905. The van der Waals surface area contributed by atoms with Crippen LogP contribution >= 0.6 is 0 Å². The number of benzene rings is 1. The molecule has 3 aromatic rings. The molecule has 0 fully saturated rings. The van der Waals surface area contributed by atoms with Crippen LogP contribution in [0.5, 0.6) is 5.75 Å². The number of hydrogen-bond donors (Lipinski definition) is 1. The van der Waals surface area contributed by atoms with Gasteiger partial charge in [0.2, 0.25) is 0 Å². The topological polar surface area (TPSA) is 60.2 Å². The zero-order valence-electron chi connectivity index (χ0n) is 13.6. The molecule has 1 N–H and O–H groups in total. The minimum absolute atomic E-state index is 0. The van der Waals surface area contributed by atoms with Gasteiger partial charge in [-0.15, -0.1) is 6.20 Å². The second-order valence-corrected chi connectivity index (χ2v) is 5.33. The van der Waals surface area contributed by atoms with E-state index < -0.39 is 11.3 Å². The van der Waals surface area contributed by atoms with Gasteiger partial charge in [-0.1, -0.05) is 17.7 Å². The van der Waals surface area contributed by atoms with Crippen molar-refractivity contribution in [3.05, 3.63) is 72.7 Å². The van der Waals surface area contributed by atoms with Gasteiger partial charge in [0.15, 0.2) is 0 Å². The van der Waals surface area contributed by atoms with Crippen molar-refractivity contribution >= 4 is 7.85 Å². The fourth-order valence-electron chi connectivity index (χ4n) is 2.40. The molecule has 1 unspecified atom stereocenters. The summed E-state index contributed by atoms with van der Waals surface area (Å²) in [6, 6.07) is 8.82. The van der Waals surface area contributed by atoms with Gasteiger partial charge >= 0.3 is 0 Å². The van der Waals surface area contributed by atoms with E-state index in [1.165, 1.54) is 43.8 Å². The molecular formula is C17H13BF2FeN3O2-. The average Bonchev–Trinajstić information content (AvgIpc) is 3.11. The van der Waals surface area contributed by atoms with Crippen LogP contribution in [0.4, 0.5) is 8.78 Å². The number of hydrogen-bond acceptors (Lipinski definition) is 4. The monoisotopic (exact) mass is 396 g/mol. The Morgan fingerprint density at radius 2 is 2.08 bits per heavy atom. The van der Waals surface area contributed by atoms with E-state index in [4.69, 9.17) is 12.6 Å². The molecule has 1 atom stereocenters. The van der Waals surface area contributed by atoms with Gasteiger partial charge in [-0.2, -0.15) is 0 Å². The Hall–Kier alpha value is -2.35. The predicted octanol–water partition coefficient (Wildman–Crippen LogP) is 2.39. The zero-order valence-corrected chi connectivity index (χ0v) is 14.7. The Balaban J connectivity index is 0.00000243. The van der Waals surface area contributed by atoms with Crippen LogP contribution in [0.15, 0.2) is 48.8 Å². The number of aliphatic hydroxyl groups is 1. The Kier molecular flexibility index (Phi) is 6.07. The molecule has 0 bridgehead atoms. The molecule has 2 radical (unpaired) electrons. The molecule has 0 saturated carbocycles. The van der Waals surface area contributed by atoms with Crippen LogP contribution in [0, 0.1) is 12.6 Å². The van der Waals surface area contributed by atoms with Crippen molar-refractivity contribution in [2.24, 2.45) is 0 Å². The number of nitrogens with zero attached hydrogens (tertiary/aromatic N) is 3. The Morgan fingerprint density at radius 1 is 1.31 bits per heavy atom. The first-order chi connectivity index (χ1) is 12.0. The maximum absolute atomic E-state index is 13.5. The number of rotatable bonds is 5. The SMILES string of the molecule is [B]C(O)(c1cnn([CH-]F)c1)c1ccc(OC)c(-c2cccc(F)c2)n1.[Fe]. The molecule has 0 aliphatic rings. The summed E-state index contributed by atoms with van der Waals surface area (Å²) in [5.41, 5.74) is -1.03. The van der Waals surface area contributed by atoms with Crippen molar-refractivity contribution in [2.45, 2.75) is 5.50 Å². The third kappa shape index (κ3) is 3.75. The largest absolute Gasteiger partial charge is 0.494 e. The predicted molar refractivity (Wildman–Crippen MR) is 88.0 cm³/mol. The molecule has 0 aliphatic carbocycles. The molecule has 2 aromatic heterocycles. The van der Waals surface area contributed by atoms with Gasteiger partial charge in [-0.25, -0.2) is 14.5 Å². The van der Waals surface area contributed by atoms with Crippen molar-refractivity contribution in [3.63, 3.8) is 0 Å². The van der Waals surface area contributed by atoms with Crippen LogP contribution in [-0.4, -0.2) is 34.8 Å². The molecule has 0 saturated heterocycles. The minimum Gasteiger partial charge on any atom is -0.494 e. The first-order valence-corrected chi connectivity index (χ1v) is 7.26. The molecule has 5 nitrogen and oxygen atoms in total. The minimum atomic E-state index is -2.02. The number of aromatic nitrogens is 3. The average molecular weight is 396 g/mol. The van der Waals surface area contributed by atoms with E-state index in [1.54, 1.807) is 12.1 Å². The van der Waals surface area contributed by atoms with Gasteiger partial charge in [-0.05, 0) is 24.3 Å². The van der Waals surface area contributed by atoms with Gasteiger partial charge in [0.05, 0.1) is 18.3 Å². The van der Waals surface area contributed by atoms with Crippen molar-refractivity contribution in [3.8, 4) is 17.0 Å². The van der Waals surface area contributed by atoms with E-state index in [1.807, 2.05) is 0 Å². The summed E-state index contributed by atoms with van der Waals surface area (Å²) in [7, 11) is 7.44. The molecule has 3 rings (SSSR count). The second kappa shape index (κ2) is 7.91. The van der Waals surface area contributed by atoms with Gasteiger partial charge in [0.25, 0.3) is 0 Å². The fraction of sp³-hybridized carbons (Fsp3) is 0.118. The first-order valence-electron chi connectivity index (χ1n) is 7.26. The molecule has 0 spiro atoms. The quantitative estimate of drug-likeness (QED) is 0.532. The zero-order chi connectivity index (χ0) is 18.0. The van der Waals surface area contributed by atoms with Crippen molar-refractivity contribution in [2.75, 3.05) is 7.11 Å². The molecule has 0 aliphatic heterocycles. The molecule has 2 heterocycles. The normalized spacial score (nSPS) is 12.8. The van der Waals surface area contributed by atoms with E-state index in [0.29, 0.717) is 17.0 Å². The van der Waals surface area contributed by atoms with Gasteiger partial charge < -0.3 is 18.9 Å². The maximum atomic E-state index is 13.5. The summed E-state index contributed by atoms with van der Waals surface area (Å²) in [5, 5.41) is 14.4. The van der Waals surface area contributed by atoms with E-state index in [2.05, 4.69) is 10.1 Å². The third-order valence-electron chi connectivity index (χ3n) is 3.71. The number of methoxy groups -OCH3 is 1. The van der Waals surface area contributed by atoms with Gasteiger partial charge in [0.1, 0.15) is 25.1 Å². The maximum Gasteiger partial charge on any atom is 0.145 e. The first kappa shape index (κ1) is 20.0. The van der Waals surface area contributed by atoms with E-state index in [-0.39, 0.29) is 35.1 Å². The molecule has 26 heavy (non-hydrogen) atoms. The van der Waals surface area contributed by atoms with Gasteiger partial charge in [-0.3, -0.25) is 0 Å². The van der Waals surface area contributed by atoms with Crippen molar-refractivity contribution in [1.82, 2.24) is 14.8 Å². The smallest absolute Gasteiger partial charge is 0.145 e. The number of halogens is 2. The fourth-order valence-corrected chi connectivity index (χ4v) is 2.40. The molecule has 1 aromatic carbocycles. The molecule has 0 amide bonds. The summed E-state index contributed by atoms with van der Waals surface area (Å²) in [5.74, 6) is -0.0486. The van der Waals surface area contributed by atoms with E-state index in [9.17, 15) is 13.9 Å². The standard InChI is InChI=1S/C17H13BF2N3O2.Fe/c1-25-14-5-6-15(17(18,24)12-8-21-23(9-12)10-19)22-16(14)11-3-2-4-13(20)7-11;/h2-10,24H,1H3;/q-1;.